The molecule has 7 heteroatoms. The second-order valence-electron chi connectivity index (χ2n) is 4.38. The SMILES string of the molecule is N#Cc1cccc(S(=O)(=O)NCC(=O)Nc2ccccc2)c1. The number of carbonyl (C=O) groups is 1. The highest BCUT2D eigenvalue weighted by molar-refractivity contribution is 7.89. The Morgan fingerprint density at radius 3 is 2.50 bits per heavy atom. The molecule has 2 aromatic carbocycles. The van der Waals surface area contributed by atoms with Crippen molar-refractivity contribution in [3.63, 3.8) is 0 Å². The fourth-order valence-electron chi connectivity index (χ4n) is 1.70. The van der Waals surface area contributed by atoms with Gasteiger partial charge in [-0.05, 0) is 30.3 Å². The van der Waals surface area contributed by atoms with Gasteiger partial charge in [0, 0.05) is 5.69 Å². The van der Waals surface area contributed by atoms with Crippen LogP contribution >= 0.6 is 0 Å². The summed E-state index contributed by atoms with van der Waals surface area (Å²) in [6, 6.07) is 16.2. The molecule has 112 valence electrons. The van der Waals surface area contributed by atoms with Crippen LogP contribution in [0.3, 0.4) is 0 Å². The first-order valence-corrected chi connectivity index (χ1v) is 7.84. The number of anilines is 1. The smallest absolute Gasteiger partial charge is 0.241 e. The summed E-state index contributed by atoms with van der Waals surface area (Å²) in [5.74, 6) is -0.480. The van der Waals surface area contributed by atoms with E-state index in [9.17, 15) is 13.2 Å². The number of nitriles is 1. The van der Waals surface area contributed by atoms with Crippen LogP contribution in [-0.4, -0.2) is 20.9 Å². The van der Waals surface area contributed by atoms with E-state index in [0.29, 0.717) is 5.69 Å². The number of para-hydroxylation sites is 1. The van der Waals surface area contributed by atoms with Crippen molar-refractivity contribution in [3.05, 3.63) is 60.2 Å². The van der Waals surface area contributed by atoms with E-state index < -0.39 is 22.5 Å². The number of rotatable bonds is 5. The molecule has 0 saturated heterocycles. The van der Waals surface area contributed by atoms with E-state index in [-0.39, 0.29) is 10.5 Å². The molecular weight excluding hydrogens is 302 g/mol. The Labute approximate surface area is 128 Å². The predicted octanol–water partition coefficient (Wildman–Crippen LogP) is 1.48. The maximum absolute atomic E-state index is 12.1. The molecular formula is C15H13N3O3S. The Hall–Kier alpha value is -2.69. The number of sulfonamides is 1. The van der Waals surface area contributed by atoms with Gasteiger partial charge in [-0.1, -0.05) is 24.3 Å². The van der Waals surface area contributed by atoms with Crippen LogP contribution in [0.25, 0.3) is 0 Å². The molecule has 0 atom stereocenters. The van der Waals surface area contributed by atoms with Gasteiger partial charge in [0.1, 0.15) is 0 Å². The topological polar surface area (TPSA) is 99.1 Å². The molecule has 0 aromatic heterocycles. The van der Waals surface area contributed by atoms with Crippen molar-refractivity contribution in [2.45, 2.75) is 4.90 Å². The summed E-state index contributed by atoms with van der Waals surface area (Å²) in [4.78, 5) is 11.7. The van der Waals surface area contributed by atoms with Crippen molar-refractivity contribution < 1.29 is 13.2 Å². The molecule has 6 nitrogen and oxygen atoms in total. The molecule has 0 saturated carbocycles. The fourth-order valence-corrected chi connectivity index (χ4v) is 2.73. The number of benzene rings is 2. The van der Waals surface area contributed by atoms with Crippen molar-refractivity contribution in [1.29, 1.82) is 5.26 Å². The lowest BCUT2D eigenvalue weighted by Crippen LogP contribution is -2.32. The lowest BCUT2D eigenvalue weighted by molar-refractivity contribution is -0.115. The van der Waals surface area contributed by atoms with Gasteiger partial charge in [0.05, 0.1) is 23.1 Å². The monoisotopic (exact) mass is 315 g/mol. The van der Waals surface area contributed by atoms with Gasteiger partial charge in [0.2, 0.25) is 15.9 Å². The zero-order valence-corrected chi connectivity index (χ0v) is 12.3. The lowest BCUT2D eigenvalue weighted by atomic mass is 10.2. The molecule has 1 amide bonds. The minimum Gasteiger partial charge on any atom is -0.325 e. The van der Waals surface area contributed by atoms with Crippen LogP contribution in [0.5, 0.6) is 0 Å². The first-order valence-electron chi connectivity index (χ1n) is 6.36. The Morgan fingerprint density at radius 1 is 1.09 bits per heavy atom. The highest BCUT2D eigenvalue weighted by atomic mass is 32.2. The maximum atomic E-state index is 12.1. The van der Waals surface area contributed by atoms with Gasteiger partial charge in [-0.2, -0.15) is 5.26 Å². The molecule has 0 fully saturated rings. The van der Waals surface area contributed by atoms with E-state index in [4.69, 9.17) is 5.26 Å². The molecule has 0 bridgehead atoms. The molecule has 2 N–H and O–H groups in total. The van der Waals surface area contributed by atoms with E-state index in [1.165, 1.54) is 24.3 Å². The van der Waals surface area contributed by atoms with Crippen LogP contribution in [0.15, 0.2) is 59.5 Å². The average Bonchev–Trinajstić information content (AvgIpc) is 2.54. The molecule has 0 unspecified atom stereocenters. The summed E-state index contributed by atoms with van der Waals surface area (Å²) in [7, 11) is -3.84. The van der Waals surface area contributed by atoms with Crippen LogP contribution in [0.1, 0.15) is 5.56 Å². The van der Waals surface area contributed by atoms with Crippen LogP contribution < -0.4 is 10.0 Å². The molecule has 0 aliphatic rings. The first kappa shape index (κ1) is 15.7. The molecule has 0 radical (unpaired) electrons. The summed E-state index contributed by atoms with van der Waals surface area (Å²) in [6.07, 6.45) is 0. The molecule has 0 aliphatic heterocycles. The van der Waals surface area contributed by atoms with Gasteiger partial charge >= 0.3 is 0 Å². The standard InChI is InChI=1S/C15H13N3O3S/c16-10-12-5-4-8-14(9-12)22(20,21)17-11-15(19)18-13-6-2-1-3-7-13/h1-9,17H,11H2,(H,18,19). The lowest BCUT2D eigenvalue weighted by Gasteiger charge is -2.08. The number of nitrogens with zero attached hydrogens (tertiary/aromatic N) is 1. The third-order valence-electron chi connectivity index (χ3n) is 2.75. The van der Waals surface area contributed by atoms with Gasteiger partial charge in [-0.15, -0.1) is 0 Å². The zero-order chi connectivity index (χ0) is 16.0. The molecule has 0 spiro atoms. The van der Waals surface area contributed by atoms with Crippen LogP contribution in [-0.2, 0) is 14.8 Å². The van der Waals surface area contributed by atoms with Crippen molar-refractivity contribution in [1.82, 2.24) is 4.72 Å². The second-order valence-corrected chi connectivity index (χ2v) is 6.15. The normalized spacial score (nSPS) is 10.7. The van der Waals surface area contributed by atoms with Crippen LogP contribution in [0.4, 0.5) is 5.69 Å². The van der Waals surface area contributed by atoms with E-state index in [1.54, 1.807) is 30.3 Å². The van der Waals surface area contributed by atoms with E-state index >= 15 is 0 Å². The van der Waals surface area contributed by atoms with Crippen molar-refractivity contribution >= 4 is 21.6 Å². The van der Waals surface area contributed by atoms with Crippen molar-refractivity contribution in [2.75, 3.05) is 11.9 Å². The Balaban J connectivity index is 2.00. The van der Waals surface area contributed by atoms with E-state index in [0.717, 1.165) is 0 Å². The average molecular weight is 315 g/mol. The van der Waals surface area contributed by atoms with Crippen LogP contribution in [0, 0.1) is 11.3 Å². The highest BCUT2D eigenvalue weighted by Crippen LogP contribution is 2.10. The summed E-state index contributed by atoms with van der Waals surface area (Å²) in [6.45, 7) is -0.395. The summed E-state index contributed by atoms with van der Waals surface area (Å²) in [5.41, 5.74) is 0.815. The van der Waals surface area contributed by atoms with Crippen molar-refractivity contribution in [2.24, 2.45) is 0 Å². The molecule has 22 heavy (non-hydrogen) atoms. The minimum absolute atomic E-state index is 0.0564. The number of amides is 1. The quantitative estimate of drug-likeness (QED) is 0.873. The second kappa shape index (κ2) is 6.85. The number of hydrogen-bond acceptors (Lipinski definition) is 4. The Kier molecular flexibility index (Phi) is 4.88. The third-order valence-corrected chi connectivity index (χ3v) is 4.15. The Bertz CT molecular complexity index is 811. The summed E-state index contributed by atoms with van der Waals surface area (Å²) >= 11 is 0. The van der Waals surface area contributed by atoms with E-state index in [2.05, 4.69) is 10.0 Å². The number of hydrogen-bond donors (Lipinski definition) is 2. The van der Waals surface area contributed by atoms with Gasteiger partial charge in [0.25, 0.3) is 0 Å². The summed E-state index contributed by atoms with van der Waals surface area (Å²) < 4.78 is 26.3. The van der Waals surface area contributed by atoms with Gasteiger partial charge in [0.15, 0.2) is 0 Å². The highest BCUT2D eigenvalue weighted by Gasteiger charge is 2.15. The fraction of sp³-hybridized carbons (Fsp3) is 0.0667. The predicted molar refractivity (Wildman–Crippen MR) is 81.4 cm³/mol. The number of nitrogens with one attached hydrogen (secondary N) is 2. The van der Waals surface area contributed by atoms with Gasteiger partial charge in [-0.25, -0.2) is 13.1 Å². The maximum Gasteiger partial charge on any atom is 0.241 e. The molecule has 0 aliphatic carbocycles. The zero-order valence-electron chi connectivity index (χ0n) is 11.5. The Morgan fingerprint density at radius 2 is 1.82 bits per heavy atom. The number of carbonyl (C=O) groups excluding carboxylic acids is 1. The first-order chi connectivity index (χ1) is 10.5. The van der Waals surface area contributed by atoms with Crippen molar-refractivity contribution in [3.8, 4) is 6.07 Å². The largest absolute Gasteiger partial charge is 0.325 e. The van der Waals surface area contributed by atoms with Gasteiger partial charge in [-0.3, -0.25) is 4.79 Å². The summed E-state index contributed by atoms with van der Waals surface area (Å²) in [5, 5.41) is 11.4. The molecule has 2 aromatic rings. The molecule has 0 heterocycles. The van der Waals surface area contributed by atoms with E-state index in [1.807, 2.05) is 6.07 Å². The molecule has 2 rings (SSSR count). The van der Waals surface area contributed by atoms with Crippen LogP contribution in [0.2, 0.25) is 0 Å². The van der Waals surface area contributed by atoms with Gasteiger partial charge < -0.3 is 5.32 Å². The third kappa shape index (κ3) is 4.15. The minimum atomic E-state index is -3.84.